The van der Waals surface area contributed by atoms with Crippen molar-refractivity contribution >= 4 is 40.5 Å². The van der Waals surface area contributed by atoms with Gasteiger partial charge in [-0.1, -0.05) is 30.3 Å². The minimum Gasteiger partial charge on any atom is -0.333 e. The first-order valence-corrected chi connectivity index (χ1v) is 10.5. The molecule has 3 aromatic rings. The van der Waals surface area contributed by atoms with Gasteiger partial charge in [0.2, 0.25) is 9.84 Å². The first-order chi connectivity index (χ1) is 11.2. The van der Waals surface area contributed by atoms with Crippen molar-refractivity contribution in [2.45, 2.75) is 14.8 Å². The van der Waals surface area contributed by atoms with Gasteiger partial charge < -0.3 is 4.57 Å². The molecule has 24 heavy (non-hydrogen) atoms. The van der Waals surface area contributed by atoms with Crippen LogP contribution in [0.25, 0.3) is 10.9 Å². The van der Waals surface area contributed by atoms with E-state index in [9.17, 15) is 21.2 Å². The second-order valence-corrected chi connectivity index (χ2v) is 9.42. The average Bonchev–Trinajstić information content (AvgIpc) is 2.82. The van der Waals surface area contributed by atoms with E-state index in [1.807, 2.05) is 0 Å². The summed E-state index contributed by atoms with van der Waals surface area (Å²) in [6.45, 7) is 0. The van der Waals surface area contributed by atoms with E-state index in [4.69, 9.17) is 10.7 Å². The number of benzene rings is 2. The van der Waals surface area contributed by atoms with E-state index in [1.54, 1.807) is 18.2 Å². The topological polar surface area (TPSA) is 73.2 Å². The summed E-state index contributed by atoms with van der Waals surface area (Å²) in [4.78, 5) is -1.14. The molecule has 126 valence electrons. The molecule has 0 amide bonds. The lowest BCUT2D eigenvalue weighted by Crippen LogP contribution is -2.10. The quantitative estimate of drug-likeness (QED) is 0.647. The molecule has 0 fully saturated rings. The molecule has 0 saturated carbocycles. The van der Waals surface area contributed by atoms with Crippen molar-refractivity contribution in [2.75, 3.05) is 0 Å². The van der Waals surface area contributed by atoms with Crippen LogP contribution in [0.2, 0.25) is 0 Å². The van der Waals surface area contributed by atoms with Gasteiger partial charge in [0.15, 0.2) is 5.03 Å². The van der Waals surface area contributed by atoms with Gasteiger partial charge in [0, 0.05) is 23.1 Å². The second-order valence-electron chi connectivity index (χ2n) is 5.08. The Morgan fingerprint density at radius 3 is 2.17 bits per heavy atom. The number of para-hydroxylation sites is 1. The SMILES string of the molecule is Cn1c(S(=O)(=O)Cl)c(S(=O)(=O)c2ccccc2F)c2ccccc21. The summed E-state index contributed by atoms with van der Waals surface area (Å²) in [6, 6.07) is 11.0. The second kappa shape index (κ2) is 5.58. The molecule has 0 spiro atoms. The van der Waals surface area contributed by atoms with Gasteiger partial charge in [-0.15, -0.1) is 0 Å². The average molecular weight is 388 g/mol. The molecule has 1 aromatic heterocycles. The molecular weight excluding hydrogens is 377 g/mol. The Morgan fingerprint density at radius 1 is 0.958 bits per heavy atom. The van der Waals surface area contributed by atoms with E-state index in [-0.39, 0.29) is 5.39 Å². The molecule has 0 aliphatic heterocycles. The van der Waals surface area contributed by atoms with Gasteiger partial charge in [-0.3, -0.25) is 0 Å². The zero-order valence-electron chi connectivity index (χ0n) is 12.3. The van der Waals surface area contributed by atoms with Crippen LogP contribution >= 0.6 is 10.7 Å². The summed E-state index contributed by atoms with van der Waals surface area (Å²) in [5.41, 5.74) is 0.353. The molecule has 3 rings (SSSR count). The summed E-state index contributed by atoms with van der Waals surface area (Å²) in [5, 5.41) is -0.434. The summed E-state index contributed by atoms with van der Waals surface area (Å²) in [5.74, 6) is -0.969. The number of aromatic nitrogens is 1. The minimum atomic E-state index is -4.45. The Balaban J connectivity index is 2.53. The monoisotopic (exact) mass is 387 g/mol. The van der Waals surface area contributed by atoms with Crippen molar-refractivity contribution < 1.29 is 21.2 Å². The van der Waals surface area contributed by atoms with Crippen LogP contribution in [-0.4, -0.2) is 21.4 Å². The van der Waals surface area contributed by atoms with Crippen LogP contribution in [0.3, 0.4) is 0 Å². The minimum absolute atomic E-state index is 0.155. The Hall–Kier alpha value is -1.90. The highest BCUT2D eigenvalue weighted by molar-refractivity contribution is 8.14. The Morgan fingerprint density at radius 2 is 1.54 bits per heavy atom. The highest BCUT2D eigenvalue weighted by atomic mass is 35.7. The van der Waals surface area contributed by atoms with Crippen LogP contribution < -0.4 is 0 Å². The van der Waals surface area contributed by atoms with Crippen molar-refractivity contribution in [1.29, 1.82) is 0 Å². The number of hydrogen-bond donors (Lipinski definition) is 0. The molecule has 0 aliphatic rings. The number of halogens is 2. The van der Waals surface area contributed by atoms with Gasteiger partial charge >= 0.3 is 0 Å². The predicted octanol–water partition coefficient (Wildman–Crippen LogP) is 3.08. The lowest BCUT2D eigenvalue weighted by Gasteiger charge is -2.07. The van der Waals surface area contributed by atoms with E-state index >= 15 is 0 Å². The van der Waals surface area contributed by atoms with E-state index in [0.29, 0.717) is 5.52 Å². The third-order valence-corrected chi connectivity index (χ3v) is 7.00. The van der Waals surface area contributed by atoms with Crippen LogP contribution in [0, 0.1) is 5.82 Å². The van der Waals surface area contributed by atoms with E-state index in [0.717, 1.165) is 12.1 Å². The van der Waals surface area contributed by atoms with Crippen LogP contribution in [0.4, 0.5) is 4.39 Å². The Kier molecular flexibility index (Phi) is 3.94. The number of hydrogen-bond acceptors (Lipinski definition) is 4. The fourth-order valence-electron chi connectivity index (χ4n) is 2.64. The van der Waals surface area contributed by atoms with Gasteiger partial charge in [0.1, 0.15) is 15.6 Å². The smallest absolute Gasteiger partial charge is 0.278 e. The van der Waals surface area contributed by atoms with Crippen LogP contribution in [0.15, 0.2) is 63.3 Å². The third-order valence-electron chi connectivity index (χ3n) is 3.63. The van der Waals surface area contributed by atoms with Gasteiger partial charge in [-0.05, 0) is 18.2 Å². The summed E-state index contributed by atoms with van der Waals surface area (Å²) < 4.78 is 65.1. The molecule has 2 aromatic carbocycles. The molecule has 9 heteroatoms. The molecule has 0 aliphatic carbocycles. The fraction of sp³-hybridized carbons (Fsp3) is 0.0667. The van der Waals surface area contributed by atoms with Gasteiger partial charge in [-0.2, -0.15) is 0 Å². The van der Waals surface area contributed by atoms with Crippen LogP contribution in [0.5, 0.6) is 0 Å². The van der Waals surface area contributed by atoms with E-state index in [2.05, 4.69) is 0 Å². The van der Waals surface area contributed by atoms with E-state index < -0.39 is 39.5 Å². The van der Waals surface area contributed by atoms with Gasteiger partial charge in [0.05, 0.1) is 5.52 Å². The first-order valence-electron chi connectivity index (χ1n) is 6.67. The number of aryl methyl sites for hydroxylation is 1. The summed E-state index contributed by atoms with van der Waals surface area (Å²) in [7, 11) is -1.99. The lowest BCUT2D eigenvalue weighted by molar-refractivity contribution is 0.561. The number of rotatable bonds is 3. The maximum absolute atomic E-state index is 14.0. The largest absolute Gasteiger partial charge is 0.333 e. The van der Waals surface area contributed by atoms with Crippen molar-refractivity contribution in [3.63, 3.8) is 0 Å². The van der Waals surface area contributed by atoms with Crippen LogP contribution in [-0.2, 0) is 25.9 Å². The molecule has 5 nitrogen and oxygen atoms in total. The zero-order valence-corrected chi connectivity index (χ0v) is 14.7. The molecular formula is C15H11ClFNO4S2. The number of fused-ring (bicyclic) bond motifs is 1. The van der Waals surface area contributed by atoms with Crippen LogP contribution in [0.1, 0.15) is 0 Å². The molecule has 0 atom stereocenters. The maximum Gasteiger partial charge on any atom is 0.278 e. The zero-order chi connectivity index (χ0) is 17.7. The molecule has 0 saturated heterocycles. The van der Waals surface area contributed by atoms with Crippen molar-refractivity contribution in [1.82, 2.24) is 4.57 Å². The molecule has 0 N–H and O–H groups in total. The Bertz CT molecular complexity index is 1170. The fourth-order valence-corrected chi connectivity index (χ4v) is 6.37. The number of sulfone groups is 1. The lowest BCUT2D eigenvalue weighted by atomic mass is 10.2. The van der Waals surface area contributed by atoms with Gasteiger partial charge in [-0.25, -0.2) is 21.2 Å². The third kappa shape index (κ3) is 2.51. The van der Waals surface area contributed by atoms with E-state index in [1.165, 1.54) is 29.8 Å². The molecule has 0 unspecified atom stereocenters. The van der Waals surface area contributed by atoms with Gasteiger partial charge in [0.25, 0.3) is 9.05 Å². The standard InChI is InChI=1S/C15H11ClFNO4S2/c1-18-12-8-4-2-6-10(12)14(15(18)24(16,21)22)23(19,20)13-9-5-3-7-11(13)17/h2-9H,1H3. The summed E-state index contributed by atoms with van der Waals surface area (Å²) in [6.07, 6.45) is 0. The number of nitrogens with zero attached hydrogens (tertiary/aromatic N) is 1. The first kappa shape index (κ1) is 16.9. The molecule has 0 bridgehead atoms. The normalized spacial score (nSPS) is 12.6. The maximum atomic E-state index is 14.0. The highest BCUT2D eigenvalue weighted by Gasteiger charge is 2.34. The summed E-state index contributed by atoms with van der Waals surface area (Å²) >= 11 is 0. The Labute approximate surface area is 142 Å². The molecule has 0 radical (unpaired) electrons. The molecule has 1 heterocycles. The van der Waals surface area contributed by atoms with Crippen molar-refractivity contribution in [3.8, 4) is 0 Å². The van der Waals surface area contributed by atoms with Crippen molar-refractivity contribution in [2.24, 2.45) is 7.05 Å². The highest BCUT2D eigenvalue weighted by Crippen LogP contribution is 2.37. The predicted molar refractivity (Wildman–Crippen MR) is 87.8 cm³/mol. The van der Waals surface area contributed by atoms with Crippen molar-refractivity contribution in [3.05, 3.63) is 54.3 Å².